The van der Waals surface area contributed by atoms with Gasteiger partial charge in [-0.1, -0.05) is 24.3 Å². The molecule has 2 N–H and O–H groups in total. The van der Waals surface area contributed by atoms with Gasteiger partial charge in [-0.2, -0.15) is 13.2 Å². The summed E-state index contributed by atoms with van der Waals surface area (Å²) in [5.74, 6) is 0. The lowest BCUT2D eigenvalue weighted by Crippen LogP contribution is -2.20. The van der Waals surface area contributed by atoms with Gasteiger partial charge in [0.2, 0.25) is 10.0 Å². The summed E-state index contributed by atoms with van der Waals surface area (Å²) in [4.78, 5) is -0.961. The first-order valence-corrected chi connectivity index (χ1v) is 10.0. The van der Waals surface area contributed by atoms with Gasteiger partial charge in [0.05, 0.1) is 28.1 Å². The fourth-order valence-corrected chi connectivity index (χ4v) is 3.88. The van der Waals surface area contributed by atoms with Crippen LogP contribution in [0.3, 0.4) is 0 Å². The second-order valence-corrected chi connectivity index (χ2v) is 8.42. The van der Waals surface area contributed by atoms with Gasteiger partial charge in [-0.05, 0) is 24.3 Å². The molecule has 0 bridgehead atoms. The van der Waals surface area contributed by atoms with Crippen molar-refractivity contribution in [2.24, 2.45) is 0 Å². The van der Waals surface area contributed by atoms with Gasteiger partial charge in [0.25, 0.3) is 10.0 Å². The molecular weight excluding hydrogens is 381 g/mol. The molecule has 6 nitrogen and oxygen atoms in total. The maximum Gasteiger partial charge on any atom is 0.417 e. The van der Waals surface area contributed by atoms with E-state index in [1.54, 1.807) is 0 Å². The molecule has 0 fully saturated rings. The maximum atomic E-state index is 13.0. The van der Waals surface area contributed by atoms with Crippen LogP contribution in [0.1, 0.15) is 5.56 Å². The Bertz CT molecular complexity index is 987. The molecule has 2 aromatic carbocycles. The molecular formula is C14H13F3N2O4S2. The van der Waals surface area contributed by atoms with E-state index >= 15 is 0 Å². The Labute approximate surface area is 142 Å². The first-order chi connectivity index (χ1) is 11.4. The molecule has 0 saturated heterocycles. The third-order valence-corrected chi connectivity index (χ3v) is 4.96. The minimum atomic E-state index is -4.87. The van der Waals surface area contributed by atoms with Crippen molar-refractivity contribution in [3.63, 3.8) is 0 Å². The summed E-state index contributed by atoms with van der Waals surface area (Å²) in [6.07, 6.45) is -4.01. The van der Waals surface area contributed by atoms with E-state index in [0.29, 0.717) is 6.07 Å². The Morgan fingerprint density at radius 2 is 1.28 bits per heavy atom. The van der Waals surface area contributed by atoms with E-state index in [4.69, 9.17) is 0 Å². The van der Waals surface area contributed by atoms with Crippen LogP contribution in [0.2, 0.25) is 0 Å². The van der Waals surface area contributed by atoms with Gasteiger partial charge >= 0.3 is 6.18 Å². The van der Waals surface area contributed by atoms with Crippen LogP contribution < -0.4 is 9.44 Å². The topological polar surface area (TPSA) is 92.3 Å². The average Bonchev–Trinajstić information content (AvgIpc) is 2.47. The molecule has 0 unspecified atom stereocenters. The normalized spacial score (nSPS) is 12.6. The largest absolute Gasteiger partial charge is 0.417 e. The van der Waals surface area contributed by atoms with Gasteiger partial charge in [-0.15, -0.1) is 0 Å². The molecule has 0 atom stereocenters. The number of benzene rings is 2. The second kappa shape index (κ2) is 6.56. The van der Waals surface area contributed by atoms with Crippen LogP contribution >= 0.6 is 0 Å². The first-order valence-electron chi connectivity index (χ1n) is 6.66. The molecule has 0 saturated carbocycles. The number of nitrogens with one attached hydrogen (secondary N) is 2. The van der Waals surface area contributed by atoms with Crippen LogP contribution in [-0.2, 0) is 26.2 Å². The van der Waals surface area contributed by atoms with Crippen molar-refractivity contribution in [3.05, 3.63) is 54.1 Å². The Balaban J connectivity index is 2.49. The van der Waals surface area contributed by atoms with E-state index in [9.17, 15) is 30.0 Å². The number of anilines is 2. The standard InChI is InChI=1S/C14H13F3N2O4S2/c1-24(20,21)18-11-7-3-4-8-12(11)19-25(22,23)13-9-5-2-6-10(13)14(15,16)17/h2-9,18-19H,1H3. The van der Waals surface area contributed by atoms with Crippen LogP contribution in [0.4, 0.5) is 24.5 Å². The van der Waals surface area contributed by atoms with Crippen molar-refractivity contribution in [2.45, 2.75) is 11.1 Å². The van der Waals surface area contributed by atoms with E-state index < -0.39 is 36.7 Å². The van der Waals surface area contributed by atoms with E-state index in [-0.39, 0.29) is 11.4 Å². The summed E-state index contributed by atoms with van der Waals surface area (Å²) in [5.41, 5.74) is -1.64. The average molecular weight is 394 g/mol. The van der Waals surface area contributed by atoms with E-state index in [1.165, 1.54) is 24.3 Å². The zero-order chi connectivity index (χ0) is 18.9. The molecule has 136 valence electrons. The minimum absolute atomic E-state index is 0.113. The maximum absolute atomic E-state index is 13.0. The van der Waals surface area contributed by atoms with Crippen molar-refractivity contribution >= 4 is 31.4 Å². The summed E-state index contributed by atoms with van der Waals surface area (Å²) < 4.78 is 90.7. The Morgan fingerprint density at radius 1 is 0.800 bits per heavy atom. The smallest absolute Gasteiger partial charge is 0.282 e. The van der Waals surface area contributed by atoms with Gasteiger partial charge in [-0.25, -0.2) is 16.8 Å². The predicted molar refractivity (Wildman–Crippen MR) is 87.2 cm³/mol. The SMILES string of the molecule is CS(=O)(=O)Nc1ccccc1NS(=O)(=O)c1ccccc1C(F)(F)F. The minimum Gasteiger partial charge on any atom is -0.282 e. The molecule has 2 rings (SSSR count). The van der Waals surface area contributed by atoms with Gasteiger partial charge < -0.3 is 0 Å². The number of para-hydroxylation sites is 2. The third-order valence-electron chi connectivity index (χ3n) is 2.95. The quantitative estimate of drug-likeness (QED) is 0.816. The van der Waals surface area contributed by atoms with Crippen LogP contribution in [0, 0.1) is 0 Å². The molecule has 0 aliphatic heterocycles. The summed E-state index contributed by atoms with van der Waals surface area (Å²) in [6, 6.07) is 9.03. The fourth-order valence-electron chi connectivity index (χ4n) is 2.00. The number of hydrogen-bond donors (Lipinski definition) is 2. The van der Waals surface area contributed by atoms with Gasteiger partial charge in [-0.3, -0.25) is 9.44 Å². The van der Waals surface area contributed by atoms with Crippen molar-refractivity contribution in [2.75, 3.05) is 15.7 Å². The molecule has 0 heterocycles. The lowest BCUT2D eigenvalue weighted by atomic mass is 10.2. The van der Waals surface area contributed by atoms with Gasteiger partial charge in [0.15, 0.2) is 0 Å². The molecule has 0 aliphatic carbocycles. The van der Waals surface area contributed by atoms with Crippen LogP contribution in [0.15, 0.2) is 53.4 Å². The van der Waals surface area contributed by atoms with E-state index in [0.717, 1.165) is 24.5 Å². The molecule has 0 amide bonds. The lowest BCUT2D eigenvalue weighted by molar-refractivity contribution is -0.139. The monoisotopic (exact) mass is 394 g/mol. The molecule has 0 aliphatic rings. The van der Waals surface area contributed by atoms with Crippen molar-refractivity contribution in [1.82, 2.24) is 0 Å². The Morgan fingerprint density at radius 3 is 1.80 bits per heavy atom. The zero-order valence-corrected chi connectivity index (χ0v) is 14.3. The number of sulfonamides is 2. The second-order valence-electron chi connectivity index (χ2n) is 5.02. The van der Waals surface area contributed by atoms with E-state index in [2.05, 4.69) is 4.72 Å². The number of halogens is 3. The van der Waals surface area contributed by atoms with Crippen LogP contribution in [0.5, 0.6) is 0 Å². The number of rotatable bonds is 5. The fraction of sp³-hybridized carbons (Fsp3) is 0.143. The molecule has 0 aromatic heterocycles. The number of hydrogen-bond acceptors (Lipinski definition) is 4. The van der Waals surface area contributed by atoms with Crippen LogP contribution in [-0.4, -0.2) is 23.1 Å². The lowest BCUT2D eigenvalue weighted by Gasteiger charge is -2.16. The Hall–Kier alpha value is -2.27. The highest BCUT2D eigenvalue weighted by Crippen LogP contribution is 2.35. The summed E-state index contributed by atoms with van der Waals surface area (Å²) in [6.45, 7) is 0. The number of alkyl halides is 3. The molecule has 25 heavy (non-hydrogen) atoms. The van der Waals surface area contributed by atoms with Gasteiger partial charge in [0, 0.05) is 0 Å². The molecule has 0 spiro atoms. The predicted octanol–water partition coefficient (Wildman–Crippen LogP) is 2.88. The molecule has 0 radical (unpaired) electrons. The van der Waals surface area contributed by atoms with Crippen LogP contribution in [0.25, 0.3) is 0 Å². The summed E-state index contributed by atoms with van der Waals surface area (Å²) >= 11 is 0. The molecule has 2 aromatic rings. The summed E-state index contributed by atoms with van der Waals surface area (Å²) in [7, 11) is -8.33. The van der Waals surface area contributed by atoms with E-state index in [1.807, 2.05) is 4.72 Å². The third kappa shape index (κ3) is 4.86. The summed E-state index contributed by atoms with van der Waals surface area (Å²) in [5, 5.41) is 0. The molecule has 11 heteroatoms. The van der Waals surface area contributed by atoms with Gasteiger partial charge in [0.1, 0.15) is 0 Å². The first kappa shape index (κ1) is 19.1. The highest BCUT2D eigenvalue weighted by molar-refractivity contribution is 7.93. The van der Waals surface area contributed by atoms with Crippen molar-refractivity contribution in [3.8, 4) is 0 Å². The highest BCUT2D eigenvalue weighted by atomic mass is 32.2. The van der Waals surface area contributed by atoms with Crippen molar-refractivity contribution < 1.29 is 30.0 Å². The Kier molecular flexibility index (Phi) is 5.00. The highest BCUT2D eigenvalue weighted by Gasteiger charge is 2.37. The van der Waals surface area contributed by atoms with Crippen molar-refractivity contribution in [1.29, 1.82) is 0 Å². The zero-order valence-electron chi connectivity index (χ0n) is 12.7.